The summed E-state index contributed by atoms with van der Waals surface area (Å²) >= 11 is 0. The van der Waals surface area contributed by atoms with Gasteiger partial charge in [0.2, 0.25) is 11.8 Å². The van der Waals surface area contributed by atoms with E-state index in [9.17, 15) is 4.79 Å². The van der Waals surface area contributed by atoms with Crippen LogP contribution in [0.15, 0.2) is 52.9 Å². The summed E-state index contributed by atoms with van der Waals surface area (Å²) < 4.78 is 5.83. The molecule has 0 aliphatic carbocycles. The first kappa shape index (κ1) is 18.8. The lowest BCUT2D eigenvalue weighted by atomic mass is 9.98. The third-order valence-electron chi connectivity index (χ3n) is 4.52. The highest BCUT2D eigenvalue weighted by molar-refractivity contribution is 5.95. The number of aryl methyl sites for hydroxylation is 1. The smallest absolute Gasteiger partial charge is 0.251 e. The number of rotatable bonds is 6. The fraction of sp³-hybridized carbons (Fsp3) is 0.318. The standard InChI is InChI=1S/C22H25N3O2/c1-5-14-22(3,4)23-19(26)16-10-12-17(13-11-16)20-24-25-21(27-20)18-9-7-6-8-15(18)2/h6-13H,5,14H2,1-4H3,(H,23,26). The second-order valence-electron chi connectivity index (χ2n) is 7.39. The molecule has 0 aliphatic rings. The van der Waals surface area contributed by atoms with Gasteiger partial charge in [-0.3, -0.25) is 4.79 Å². The van der Waals surface area contributed by atoms with Gasteiger partial charge in [0.05, 0.1) is 0 Å². The summed E-state index contributed by atoms with van der Waals surface area (Å²) in [5, 5.41) is 11.4. The highest BCUT2D eigenvalue weighted by Crippen LogP contribution is 2.26. The van der Waals surface area contributed by atoms with Gasteiger partial charge < -0.3 is 9.73 Å². The van der Waals surface area contributed by atoms with Gasteiger partial charge in [-0.15, -0.1) is 10.2 Å². The van der Waals surface area contributed by atoms with Crippen LogP contribution in [0.4, 0.5) is 0 Å². The Hall–Kier alpha value is -2.95. The Bertz CT molecular complexity index is 927. The third kappa shape index (κ3) is 4.42. The largest absolute Gasteiger partial charge is 0.416 e. The normalized spacial score (nSPS) is 11.4. The molecule has 1 aromatic heterocycles. The Kier molecular flexibility index (Phi) is 5.40. The van der Waals surface area contributed by atoms with Gasteiger partial charge in [0.1, 0.15) is 0 Å². The fourth-order valence-electron chi connectivity index (χ4n) is 3.09. The zero-order chi connectivity index (χ0) is 19.4. The van der Waals surface area contributed by atoms with Crippen LogP contribution in [0.2, 0.25) is 0 Å². The molecule has 1 heterocycles. The molecule has 5 nitrogen and oxygen atoms in total. The summed E-state index contributed by atoms with van der Waals surface area (Å²) in [4.78, 5) is 12.4. The summed E-state index contributed by atoms with van der Waals surface area (Å²) in [6.45, 7) is 8.19. The van der Waals surface area contributed by atoms with E-state index in [1.807, 2.05) is 57.2 Å². The maximum Gasteiger partial charge on any atom is 0.251 e. The van der Waals surface area contributed by atoms with Crippen LogP contribution in [-0.2, 0) is 0 Å². The minimum Gasteiger partial charge on any atom is -0.416 e. The number of aromatic nitrogens is 2. The van der Waals surface area contributed by atoms with Crippen molar-refractivity contribution in [3.8, 4) is 22.9 Å². The first-order valence-electron chi connectivity index (χ1n) is 9.22. The number of nitrogens with one attached hydrogen (secondary N) is 1. The van der Waals surface area contributed by atoms with Gasteiger partial charge in [0.25, 0.3) is 5.91 Å². The minimum atomic E-state index is -0.223. The van der Waals surface area contributed by atoms with Gasteiger partial charge >= 0.3 is 0 Å². The Balaban J connectivity index is 1.76. The zero-order valence-electron chi connectivity index (χ0n) is 16.2. The van der Waals surface area contributed by atoms with E-state index >= 15 is 0 Å². The molecule has 0 radical (unpaired) electrons. The van der Waals surface area contributed by atoms with Gasteiger partial charge in [-0.25, -0.2) is 0 Å². The number of amides is 1. The monoisotopic (exact) mass is 363 g/mol. The van der Waals surface area contributed by atoms with Crippen molar-refractivity contribution >= 4 is 5.91 Å². The molecule has 27 heavy (non-hydrogen) atoms. The lowest BCUT2D eigenvalue weighted by Crippen LogP contribution is -2.43. The van der Waals surface area contributed by atoms with E-state index < -0.39 is 0 Å². The lowest BCUT2D eigenvalue weighted by Gasteiger charge is -2.25. The summed E-state index contributed by atoms with van der Waals surface area (Å²) in [6, 6.07) is 15.1. The molecule has 0 spiro atoms. The maximum atomic E-state index is 12.4. The number of hydrogen-bond donors (Lipinski definition) is 1. The average molecular weight is 363 g/mol. The molecule has 0 fully saturated rings. The van der Waals surface area contributed by atoms with E-state index in [1.165, 1.54) is 0 Å². The van der Waals surface area contributed by atoms with Crippen LogP contribution >= 0.6 is 0 Å². The topological polar surface area (TPSA) is 68.0 Å². The molecule has 2 aromatic carbocycles. The number of benzene rings is 2. The first-order chi connectivity index (χ1) is 12.9. The van der Waals surface area contributed by atoms with Crippen molar-refractivity contribution in [3.05, 3.63) is 59.7 Å². The van der Waals surface area contributed by atoms with Crippen molar-refractivity contribution in [2.75, 3.05) is 0 Å². The van der Waals surface area contributed by atoms with Crippen molar-refractivity contribution in [2.24, 2.45) is 0 Å². The van der Waals surface area contributed by atoms with Gasteiger partial charge in [0, 0.05) is 22.2 Å². The Labute approximate surface area is 159 Å². The quantitative estimate of drug-likeness (QED) is 0.667. The zero-order valence-corrected chi connectivity index (χ0v) is 16.2. The molecule has 0 saturated carbocycles. The van der Waals surface area contributed by atoms with Crippen LogP contribution in [0.5, 0.6) is 0 Å². The molecular weight excluding hydrogens is 338 g/mol. The fourth-order valence-corrected chi connectivity index (χ4v) is 3.09. The molecule has 1 amide bonds. The number of carbonyl (C=O) groups excluding carboxylic acids is 1. The second kappa shape index (κ2) is 7.74. The van der Waals surface area contributed by atoms with Crippen LogP contribution in [0, 0.1) is 6.92 Å². The third-order valence-corrected chi connectivity index (χ3v) is 4.52. The van der Waals surface area contributed by atoms with E-state index in [0.29, 0.717) is 17.3 Å². The van der Waals surface area contributed by atoms with Crippen molar-refractivity contribution in [2.45, 2.75) is 46.1 Å². The van der Waals surface area contributed by atoms with E-state index in [2.05, 4.69) is 22.4 Å². The van der Waals surface area contributed by atoms with Crippen LogP contribution in [0.1, 0.15) is 49.5 Å². The summed E-state index contributed by atoms with van der Waals surface area (Å²) in [7, 11) is 0. The number of hydrogen-bond acceptors (Lipinski definition) is 4. The van der Waals surface area contributed by atoms with E-state index in [-0.39, 0.29) is 11.4 Å². The van der Waals surface area contributed by atoms with E-state index in [4.69, 9.17) is 4.42 Å². The molecule has 3 rings (SSSR count). The second-order valence-corrected chi connectivity index (χ2v) is 7.39. The van der Waals surface area contributed by atoms with Crippen molar-refractivity contribution in [3.63, 3.8) is 0 Å². The highest BCUT2D eigenvalue weighted by atomic mass is 16.4. The summed E-state index contributed by atoms with van der Waals surface area (Å²) in [5.41, 5.74) is 3.17. The van der Waals surface area contributed by atoms with Crippen LogP contribution < -0.4 is 5.32 Å². The minimum absolute atomic E-state index is 0.0777. The first-order valence-corrected chi connectivity index (χ1v) is 9.22. The summed E-state index contributed by atoms with van der Waals surface area (Å²) in [6.07, 6.45) is 1.95. The Morgan fingerprint density at radius 1 is 1.04 bits per heavy atom. The van der Waals surface area contributed by atoms with Gasteiger partial charge in [-0.2, -0.15) is 0 Å². The number of carbonyl (C=O) groups is 1. The molecule has 0 aliphatic heterocycles. The van der Waals surface area contributed by atoms with Crippen LogP contribution in [0.3, 0.4) is 0 Å². The Morgan fingerprint density at radius 3 is 2.37 bits per heavy atom. The molecule has 0 unspecified atom stereocenters. The summed E-state index contributed by atoms with van der Waals surface area (Å²) in [5.74, 6) is 0.851. The molecule has 140 valence electrons. The van der Waals surface area contributed by atoms with E-state index in [1.54, 1.807) is 12.1 Å². The molecular formula is C22H25N3O2. The maximum absolute atomic E-state index is 12.4. The predicted molar refractivity (Wildman–Crippen MR) is 106 cm³/mol. The van der Waals surface area contributed by atoms with Gasteiger partial charge in [-0.05, 0) is 63.1 Å². The molecule has 5 heteroatoms. The van der Waals surface area contributed by atoms with Crippen molar-refractivity contribution in [1.29, 1.82) is 0 Å². The van der Waals surface area contributed by atoms with Crippen LogP contribution in [0.25, 0.3) is 22.9 Å². The van der Waals surface area contributed by atoms with Crippen molar-refractivity contribution in [1.82, 2.24) is 15.5 Å². The van der Waals surface area contributed by atoms with Gasteiger partial charge in [-0.1, -0.05) is 31.5 Å². The molecule has 0 bridgehead atoms. The SMILES string of the molecule is CCCC(C)(C)NC(=O)c1ccc(-c2nnc(-c3ccccc3C)o2)cc1. The molecule has 0 atom stereocenters. The lowest BCUT2D eigenvalue weighted by molar-refractivity contribution is 0.0909. The molecule has 1 N–H and O–H groups in total. The Morgan fingerprint density at radius 2 is 1.70 bits per heavy atom. The molecule has 3 aromatic rings. The predicted octanol–water partition coefficient (Wildman–Crippen LogP) is 5.02. The average Bonchev–Trinajstić information content (AvgIpc) is 3.11. The van der Waals surface area contributed by atoms with Gasteiger partial charge in [0.15, 0.2) is 0 Å². The highest BCUT2D eigenvalue weighted by Gasteiger charge is 2.20. The molecule has 0 saturated heterocycles. The van der Waals surface area contributed by atoms with E-state index in [0.717, 1.165) is 29.5 Å². The van der Waals surface area contributed by atoms with Crippen LogP contribution in [-0.4, -0.2) is 21.6 Å². The number of nitrogens with zero attached hydrogens (tertiary/aromatic N) is 2. The van der Waals surface area contributed by atoms with Crippen molar-refractivity contribution < 1.29 is 9.21 Å².